The van der Waals surface area contributed by atoms with Crippen molar-refractivity contribution in [2.24, 2.45) is 17.8 Å². The number of carbonyl (C=O) groups is 2. The van der Waals surface area contributed by atoms with Crippen molar-refractivity contribution in [1.82, 2.24) is 24.8 Å². The first kappa shape index (κ1) is 43.6. The maximum Gasteiger partial charge on any atom is 0.305 e. The van der Waals surface area contributed by atoms with Crippen LogP contribution in [0.15, 0.2) is 72.4 Å². The summed E-state index contributed by atoms with van der Waals surface area (Å²) >= 11 is 0. The molecular weight excluding hydrogens is 794 g/mol. The molecular formula is C41H53F3N6O6S2. The largest absolute Gasteiger partial charge is 0.469 e. The molecule has 1 aliphatic carbocycles. The lowest BCUT2D eigenvalue weighted by molar-refractivity contribution is -0.142. The molecule has 3 saturated heterocycles. The van der Waals surface area contributed by atoms with Crippen LogP contribution in [0.25, 0.3) is 0 Å². The number of alkyl halides is 1. The second-order valence-electron chi connectivity index (χ2n) is 16.1. The number of halogens is 3. The Morgan fingerprint density at radius 1 is 1.09 bits per heavy atom. The molecule has 4 fully saturated rings. The molecule has 7 rings (SSSR count). The van der Waals surface area contributed by atoms with E-state index in [-0.39, 0.29) is 106 Å². The van der Waals surface area contributed by atoms with E-state index in [1.165, 1.54) is 30.2 Å². The minimum absolute atomic E-state index is 0. The van der Waals surface area contributed by atoms with Crippen molar-refractivity contribution >= 4 is 40.9 Å². The van der Waals surface area contributed by atoms with Crippen LogP contribution in [-0.4, -0.2) is 122 Å². The number of aromatic nitrogens is 3. The average molecular weight is 847 g/mol. The van der Waals surface area contributed by atoms with Crippen LogP contribution in [0.2, 0.25) is 0 Å². The molecule has 0 spiro atoms. The van der Waals surface area contributed by atoms with E-state index >= 15 is 13.2 Å². The molecule has 3 aromatic rings. The van der Waals surface area contributed by atoms with Crippen molar-refractivity contribution in [2.75, 3.05) is 71.0 Å². The molecule has 12 nitrogen and oxygen atoms in total. The monoisotopic (exact) mass is 846 g/mol. The molecule has 0 bridgehead atoms. The molecule has 316 valence electrons. The Morgan fingerprint density at radius 2 is 1.86 bits per heavy atom. The standard InChI is InChI=1S/C41H51F3N6O6S.H2S/c1-3-38(51)48-18-19-56-24-34(23-48)57(53,54)33-10-11-37(36(43)22-33)49-26-40(44,27-49)25-47-15-12-30(13-16-47)41(28-50-17-14-45-46-50,31-7-5-8-32(42)21-31)35-9-4-6-29(35)20-39(52)55-2;/h3,5,7-8,10-11,14,17,21-22,29-30,34-35H,1,4,6,9,12-13,15-16,18-20,23-28H2,2H3;1H2/t29-,34+,35+,41+;/m1./s1. The minimum atomic E-state index is -4.06. The van der Waals surface area contributed by atoms with E-state index in [1.54, 1.807) is 27.9 Å². The molecule has 4 aliphatic rings. The van der Waals surface area contributed by atoms with Crippen LogP contribution in [-0.2, 0) is 40.9 Å². The second kappa shape index (κ2) is 18.1. The third kappa shape index (κ3) is 8.97. The van der Waals surface area contributed by atoms with Gasteiger partial charge in [0, 0.05) is 37.7 Å². The Kier molecular flexibility index (Phi) is 13.6. The van der Waals surface area contributed by atoms with Gasteiger partial charge in [0.15, 0.2) is 15.5 Å². The van der Waals surface area contributed by atoms with Crippen LogP contribution in [0.3, 0.4) is 0 Å². The number of methoxy groups -OCH3 is 1. The van der Waals surface area contributed by atoms with E-state index in [0.29, 0.717) is 32.5 Å². The number of benzene rings is 2. The maximum absolute atomic E-state index is 16.3. The molecule has 3 aliphatic heterocycles. The lowest BCUT2D eigenvalue weighted by Gasteiger charge is -2.52. The molecule has 4 atom stereocenters. The van der Waals surface area contributed by atoms with Crippen LogP contribution < -0.4 is 4.90 Å². The highest BCUT2D eigenvalue weighted by molar-refractivity contribution is 7.92. The summed E-state index contributed by atoms with van der Waals surface area (Å²) in [5.74, 6) is -1.63. The molecule has 1 aromatic heterocycles. The molecule has 1 saturated carbocycles. The number of esters is 1. The van der Waals surface area contributed by atoms with Crippen molar-refractivity contribution < 1.29 is 40.7 Å². The van der Waals surface area contributed by atoms with Crippen molar-refractivity contribution in [3.05, 3.63) is 84.7 Å². The number of nitrogens with zero attached hydrogens (tertiary/aromatic N) is 6. The van der Waals surface area contributed by atoms with Crippen molar-refractivity contribution in [2.45, 2.75) is 66.3 Å². The van der Waals surface area contributed by atoms with Crippen molar-refractivity contribution in [3.8, 4) is 0 Å². The average Bonchev–Trinajstić information content (AvgIpc) is 3.82. The summed E-state index contributed by atoms with van der Waals surface area (Å²) < 4.78 is 86.3. The van der Waals surface area contributed by atoms with Gasteiger partial charge in [0.25, 0.3) is 0 Å². The topological polar surface area (TPSA) is 127 Å². The molecule has 0 N–H and O–H groups in total. The number of piperidine rings is 1. The molecule has 2 aromatic carbocycles. The Balaban J connectivity index is 0.00000567. The molecule has 0 radical (unpaired) electrons. The van der Waals surface area contributed by atoms with Gasteiger partial charge in [-0.3, -0.25) is 19.2 Å². The van der Waals surface area contributed by atoms with Gasteiger partial charge in [-0.25, -0.2) is 21.6 Å². The Bertz CT molecular complexity index is 2030. The summed E-state index contributed by atoms with van der Waals surface area (Å²) in [5, 5.41) is 7.31. The van der Waals surface area contributed by atoms with Gasteiger partial charge < -0.3 is 19.3 Å². The van der Waals surface area contributed by atoms with E-state index in [9.17, 15) is 18.0 Å². The van der Waals surface area contributed by atoms with Gasteiger partial charge in [-0.2, -0.15) is 13.5 Å². The number of amides is 1. The predicted octanol–water partition coefficient (Wildman–Crippen LogP) is 4.71. The van der Waals surface area contributed by atoms with Crippen molar-refractivity contribution in [1.29, 1.82) is 0 Å². The molecule has 58 heavy (non-hydrogen) atoms. The Hall–Kier alpha value is -3.93. The number of ether oxygens (including phenoxy) is 2. The van der Waals surface area contributed by atoms with Crippen LogP contribution >= 0.6 is 13.5 Å². The summed E-state index contributed by atoms with van der Waals surface area (Å²) in [4.78, 5) is 29.6. The fourth-order valence-corrected chi connectivity index (χ4v) is 11.6. The van der Waals surface area contributed by atoms with Crippen LogP contribution in [0.5, 0.6) is 0 Å². The van der Waals surface area contributed by atoms with Gasteiger partial charge in [0.05, 0.1) is 56.7 Å². The maximum atomic E-state index is 16.3. The Labute approximate surface area is 345 Å². The van der Waals surface area contributed by atoms with Crippen LogP contribution in [0.4, 0.5) is 18.9 Å². The third-order valence-corrected chi connectivity index (χ3v) is 14.8. The van der Waals surface area contributed by atoms with Crippen LogP contribution in [0.1, 0.15) is 44.1 Å². The van der Waals surface area contributed by atoms with Gasteiger partial charge in [0.2, 0.25) is 5.91 Å². The molecule has 0 unspecified atom stereocenters. The van der Waals surface area contributed by atoms with Crippen LogP contribution in [0, 0.1) is 29.4 Å². The van der Waals surface area contributed by atoms with Gasteiger partial charge >= 0.3 is 5.97 Å². The summed E-state index contributed by atoms with van der Waals surface area (Å²) in [7, 11) is -2.66. The zero-order chi connectivity index (χ0) is 40.4. The highest BCUT2D eigenvalue weighted by atomic mass is 32.2. The SMILES string of the molecule is C=CC(=O)N1CCOC[C@@H](S(=O)(=O)c2ccc(N3CC(F)(CN4CCC([C@@](Cn5ccnn5)(c5cccc(F)c5)[C@H]5CCC[C@@H]5CC(=O)OC)CC4)C3)c(F)c2)C1.S. The van der Waals surface area contributed by atoms with E-state index in [0.717, 1.165) is 37.0 Å². The van der Waals surface area contributed by atoms with Gasteiger partial charge in [-0.1, -0.05) is 30.3 Å². The van der Waals surface area contributed by atoms with Gasteiger partial charge in [-0.05, 0) is 98.5 Å². The summed E-state index contributed by atoms with van der Waals surface area (Å²) in [6, 6.07) is 10.4. The lowest BCUT2D eigenvalue weighted by atomic mass is 9.57. The van der Waals surface area contributed by atoms with E-state index in [4.69, 9.17) is 9.47 Å². The lowest BCUT2D eigenvalue weighted by Crippen LogP contribution is -2.64. The number of anilines is 1. The van der Waals surface area contributed by atoms with Gasteiger partial charge in [-0.15, -0.1) is 5.10 Å². The highest BCUT2D eigenvalue weighted by Crippen LogP contribution is 2.54. The predicted molar refractivity (Wildman–Crippen MR) is 216 cm³/mol. The summed E-state index contributed by atoms with van der Waals surface area (Å²) in [5.41, 5.74) is -1.21. The summed E-state index contributed by atoms with van der Waals surface area (Å²) in [6.07, 6.45) is 8.92. The van der Waals surface area contributed by atoms with E-state index < -0.39 is 37.9 Å². The number of sulfone groups is 1. The fraction of sp³-hybridized carbons (Fsp3) is 0.561. The second-order valence-corrected chi connectivity index (χ2v) is 18.4. The summed E-state index contributed by atoms with van der Waals surface area (Å²) in [6.45, 7) is 5.33. The zero-order valence-corrected chi connectivity index (χ0v) is 34.6. The number of likely N-dealkylation sites (tertiary alicyclic amines) is 1. The first-order valence-electron chi connectivity index (χ1n) is 19.7. The molecule has 4 heterocycles. The number of hydrogen-bond acceptors (Lipinski definition) is 10. The number of rotatable bonds is 13. The molecule has 17 heteroatoms. The van der Waals surface area contributed by atoms with E-state index in [2.05, 4.69) is 21.8 Å². The number of hydrogen-bond donors (Lipinski definition) is 0. The Morgan fingerprint density at radius 3 is 2.53 bits per heavy atom. The third-order valence-electron chi connectivity index (χ3n) is 12.8. The minimum Gasteiger partial charge on any atom is -0.469 e. The highest BCUT2D eigenvalue weighted by Gasteiger charge is 2.53. The fourth-order valence-electron chi connectivity index (χ4n) is 10.0. The quantitative estimate of drug-likeness (QED) is 0.176. The van der Waals surface area contributed by atoms with E-state index in [1.807, 2.05) is 12.3 Å². The smallest absolute Gasteiger partial charge is 0.305 e. The molecule has 1 amide bonds. The zero-order valence-electron chi connectivity index (χ0n) is 32.8. The van der Waals surface area contributed by atoms with Crippen molar-refractivity contribution in [3.63, 3.8) is 0 Å². The first-order chi connectivity index (χ1) is 27.3. The number of carbonyl (C=O) groups excluding carboxylic acids is 2. The first-order valence-corrected chi connectivity index (χ1v) is 21.3. The van der Waals surface area contributed by atoms with Gasteiger partial charge in [0.1, 0.15) is 16.9 Å². The normalized spacial score (nSPS) is 23.9.